The minimum atomic E-state index is -0.663. The van der Waals surface area contributed by atoms with Gasteiger partial charge in [0.25, 0.3) is 0 Å². The maximum absolute atomic E-state index is 6.75. The number of para-hydroxylation sites is 3. The van der Waals surface area contributed by atoms with Crippen LogP contribution in [0.15, 0.2) is 218 Å². The van der Waals surface area contributed by atoms with Crippen LogP contribution in [-0.2, 0) is 5.41 Å². The molecule has 0 saturated carbocycles. The van der Waals surface area contributed by atoms with Crippen LogP contribution in [0.2, 0.25) is 0 Å². The zero-order valence-corrected chi connectivity index (χ0v) is 34.5. The summed E-state index contributed by atoms with van der Waals surface area (Å²) < 4.78 is 6.75. The van der Waals surface area contributed by atoms with Crippen molar-refractivity contribution in [3.8, 4) is 79.2 Å². The monoisotopic (exact) mass is 816 g/mol. The summed E-state index contributed by atoms with van der Waals surface area (Å²) in [5, 5.41) is 3.43. The first-order valence-corrected chi connectivity index (χ1v) is 21.6. The number of aromatic nitrogens is 4. The molecule has 0 N–H and O–H groups in total. The molecule has 0 atom stereocenters. The van der Waals surface area contributed by atoms with Gasteiger partial charge in [-0.1, -0.05) is 200 Å². The van der Waals surface area contributed by atoms with Crippen LogP contribution in [0.1, 0.15) is 22.3 Å². The van der Waals surface area contributed by atoms with Crippen LogP contribution in [-0.4, -0.2) is 19.9 Å². The fourth-order valence-electron chi connectivity index (χ4n) is 10.3. The summed E-state index contributed by atoms with van der Waals surface area (Å²) in [5.74, 6) is 3.62. The van der Waals surface area contributed by atoms with Gasteiger partial charge < -0.3 is 4.74 Å². The molecule has 9 aromatic carbocycles. The van der Waals surface area contributed by atoms with E-state index in [1.165, 1.54) is 27.6 Å². The number of ether oxygens (including phenoxy) is 1. The van der Waals surface area contributed by atoms with Crippen LogP contribution >= 0.6 is 0 Å². The first-order valence-electron chi connectivity index (χ1n) is 21.6. The van der Waals surface area contributed by atoms with Crippen LogP contribution < -0.4 is 4.74 Å². The Bertz CT molecular complexity index is 3520. The molecule has 1 aliphatic carbocycles. The Kier molecular flexibility index (Phi) is 8.06. The van der Waals surface area contributed by atoms with Crippen LogP contribution in [0.5, 0.6) is 11.5 Å². The fraction of sp³-hybridized carbons (Fsp3) is 0.0169. The van der Waals surface area contributed by atoms with Crippen molar-refractivity contribution in [3.63, 3.8) is 0 Å². The molecule has 0 fully saturated rings. The van der Waals surface area contributed by atoms with Gasteiger partial charge in [0.15, 0.2) is 17.5 Å². The van der Waals surface area contributed by atoms with Gasteiger partial charge >= 0.3 is 0 Å². The third kappa shape index (κ3) is 5.37. The minimum absolute atomic E-state index is 0.621. The Morgan fingerprint density at radius 3 is 1.42 bits per heavy atom. The lowest BCUT2D eigenvalue weighted by molar-refractivity contribution is 0.436. The van der Waals surface area contributed by atoms with E-state index >= 15 is 0 Å². The van der Waals surface area contributed by atoms with Crippen LogP contribution in [0.3, 0.4) is 0 Å². The molecular weight excluding hydrogens is 781 g/mol. The highest BCUT2D eigenvalue weighted by molar-refractivity contribution is 6.21. The van der Waals surface area contributed by atoms with E-state index in [0.29, 0.717) is 17.5 Å². The summed E-state index contributed by atoms with van der Waals surface area (Å²) in [6.07, 6.45) is 0. The molecule has 0 bridgehead atoms. The summed E-state index contributed by atoms with van der Waals surface area (Å²) in [6, 6.07) is 76.7. The third-order valence-electron chi connectivity index (χ3n) is 13.0. The van der Waals surface area contributed by atoms with Gasteiger partial charge in [-0.05, 0) is 51.6 Å². The van der Waals surface area contributed by atoms with Gasteiger partial charge in [0.05, 0.1) is 16.6 Å². The van der Waals surface area contributed by atoms with Crippen molar-refractivity contribution in [2.45, 2.75) is 5.41 Å². The molecule has 11 aromatic rings. The number of rotatable bonds is 5. The van der Waals surface area contributed by atoms with Crippen molar-refractivity contribution in [1.82, 2.24) is 19.9 Å². The molecule has 5 nitrogen and oxygen atoms in total. The van der Waals surface area contributed by atoms with E-state index in [9.17, 15) is 0 Å². The second kappa shape index (κ2) is 14.3. The number of fused-ring (bicyclic) bond motifs is 13. The Labute approximate surface area is 370 Å². The molecule has 2 aromatic heterocycles. The summed E-state index contributed by atoms with van der Waals surface area (Å²) in [6.45, 7) is 0. The molecule has 3 heterocycles. The van der Waals surface area contributed by atoms with Crippen molar-refractivity contribution >= 4 is 21.7 Å². The normalized spacial score (nSPS) is 12.9. The number of hydrogen-bond acceptors (Lipinski definition) is 5. The van der Waals surface area contributed by atoms with Gasteiger partial charge in [0.1, 0.15) is 11.5 Å². The second-order valence-corrected chi connectivity index (χ2v) is 16.4. The van der Waals surface area contributed by atoms with E-state index in [4.69, 9.17) is 24.7 Å². The molecule has 1 aliphatic heterocycles. The second-order valence-electron chi connectivity index (χ2n) is 16.4. The van der Waals surface area contributed by atoms with Gasteiger partial charge in [-0.25, -0.2) is 19.9 Å². The van der Waals surface area contributed by atoms with E-state index < -0.39 is 5.41 Å². The third-order valence-corrected chi connectivity index (χ3v) is 13.0. The molecule has 13 rings (SSSR count). The molecule has 1 spiro atoms. The van der Waals surface area contributed by atoms with Crippen molar-refractivity contribution in [2.75, 3.05) is 0 Å². The van der Waals surface area contributed by atoms with Crippen molar-refractivity contribution in [1.29, 1.82) is 0 Å². The molecule has 0 radical (unpaired) electrons. The Morgan fingerprint density at radius 1 is 0.312 bits per heavy atom. The first-order chi connectivity index (χ1) is 31.7. The number of pyridine rings is 1. The lowest BCUT2D eigenvalue weighted by Gasteiger charge is -2.39. The van der Waals surface area contributed by atoms with Crippen LogP contribution in [0, 0.1) is 0 Å². The maximum atomic E-state index is 6.75. The standard InChI is InChI=1S/C59H36N4O/c1-4-17-38(18-5-1)55-44-35-36-48-54(52(44)43-23-10-13-28-49(43)60-55)53-42(24-16-27-47(53)59(48)45-25-11-14-29-50(45)64-51-30-15-12-26-46(51)59)37-31-33-41(34-32-37)58-62-56(39-19-6-2-7-20-39)61-57(63-58)40-21-8-3-9-22-40/h1-36H. The van der Waals surface area contributed by atoms with Gasteiger partial charge in [0, 0.05) is 49.5 Å². The first kappa shape index (κ1) is 36.1. The van der Waals surface area contributed by atoms with Crippen LogP contribution in [0.25, 0.3) is 89.4 Å². The lowest BCUT2D eigenvalue weighted by atomic mass is 9.66. The molecule has 0 saturated heterocycles. The molecule has 0 amide bonds. The lowest BCUT2D eigenvalue weighted by Crippen LogP contribution is -2.32. The Balaban J connectivity index is 1.09. The van der Waals surface area contributed by atoms with E-state index in [-0.39, 0.29) is 0 Å². The molecule has 0 unspecified atom stereocenters. The predicted molar refractivity (Wildman–Crippen MR) is 257 cm³/mol. The van der Waals surface area contributed by atoms with E-state index in [1.807, 2.05) is 60.7 Å². The largest absolute Gasteiger partial charge is 0.457 e. The highest BCUT2D eigenvalue weighted by Gasteiger charge is 2.52. The number of hydrogen-bond donors (Lipinski definition) is 0. The maximum Gasteiger partial charge on any atom is 0.164 e. The molecule has 298 valence electrons. The van der Waals surface area contributed by atoms with Gasteiger partial charge in [-0.15, -0.1) is 0 Å². The molecule has 64 heavy (non-hydrogen) atoms. The highest BCUT2D eigenvalue weighted by Crippen LogP contribution is 2.65. The predicted octanol–water partition coefficient (Wildman–Crippen LogP) is 14.4. The summed E-state index contributed by atoms with van der Waals surface area (Å²) in [7, 11) is 0. The van der Waals surface area contributed by atoms with Gasteiger partial charge in [0.2, 0.25) is 0 Å². The van der Waals surface area contributed by atoms with Crippen molar-refractivity contribution < 1.29 is 4.74 Å². The van der Waals surface area contributed by atoms with Gasteiger partial charge in [-0.2, -0.15) is 0 Å². The average molecular weight is 817 g/mol. The van der Waals surface area contributed by atoms with E-state index in [2.05, 4.69) is 158 Å². The van der Waals surface area contributed by atoms with Crippen molar-refractivity contribution in [3.05, 3.63) is 241 Å². The molecule has 5 heteroatoms. The SMILES string of the molecule is c1ccc(-c2nc(-c3ccccc3)nc(-c3ccc(-c4cccc5c4-c4c(ccc6c(-c7ccccc7)nc7ccccc7c46)C54c5ccccc5Oc5ccccc54)cc3)n2)cc1. The van der Waals surface area contributed by atoms with Crippen molar-refractivity contribution in [2.24, 2.45) is 0 Å². The smallest absolute Gasteiger partial charge is 0.164 e. The van der Waals surface area contributed by atoms with E-state index in [0.717, 1.165) is 78.0 Å². The molecular formula is C59H36N4O. The van der Waals surface area contributed by atoms with Gasteiger partial charge in [-0.3, -0.25) is 0 Å². The summed E-state index contributed by atoms with van der Waals surface area (Å²) in [4.78, 5) is 20.4. The minimum Gasteiger partial charge on any atom is -0.457 e. The van der Waals surface area contributed by atoms with Crippen LogP contribution in [0.4, 0.5) is 0 Å². The highest BCUT2D eigenvalue weighted by atomic mass is 16.5. The van der Waals surface area contributed by atoms with E-state index in [1.54, 1.807) is 0 Å². The zero-order valence-electron chi connectivity index (χ0n) is 34.5. The molecule has 2 aliphatic rings. The Hall–Kier alpha value is -8.54. The fourth-order valence-corrected chi connectivity index (χ4v) is 10.3. The zero-order chi connectivity index (χ0) is 42.2. The number of benzene rings is 9. The topological polar surface area (TPSA) is 60.8 Å². The average Bonchev–Trinajstić information content (AvgIpc) is 3.67. The Morgan fingerprint density at radius 2 is 0.797 bits per heavy atom. The summed E-state index contributed by atoms with van der Waals surface area (Å²) >= 11 is 0. The quantitative estimate of drug-likeness (QED) is 0.162. The summed E-state index contributed by atoms with van der Waals surface area (Å²) in [5.41, 5.74) is 14.5. The number of nitrogens with zero attached hydrogens (tertiary/aromatic N) is 4.